The lowest BCUT2D eigenvalue weighted by atomic mass is 10.2. The standard InChI is InChI=1S/C17H17ClN2O2S/c1-11(23-16-8-6-13(18)7-9-16)17(22)20-15-5-3-4-14(10-15)19-12(2)21/h3-11H,1-2H3,(H,19,21)(H,20,22)/t11-/m0/s1. The Kier molecular flexibility index (Phi) is 6.07. The summed E-state index contributed by atoms with van der Waals surface area (Å²) in [5, 5.41) is 5.94. The largest absolute Gasteiger partial charge is 0.326 e. The van der Waals surface area contributed by atoms with Crippen molar-refractivity contribution in [2.75, 3.05) is 10.6 Å². The molecule has 0 radical (unpaired) electrons. The average molecular weight is 349 g/mol. The van der Waals surface area contributed by atoms with Gasteiger partial charge in [0.05, 0.1) is 5.25 Å². The van der Waals surface area contributed by atoms with Gasteiger partial charge in [-0.15, -0.1) is 11.8 Å². The summed E-state index contributed by atoms with van der Waals surface area (Å²) in [5.41, 5.74) is 1.29. The molecule has 6 heteroatoms. The molecule has 0 saturated carbocycles. The minimum atomic E-state index is -0.263. The van der Waals surface area contributed by atoms with E-state index in [4.69, 9.17) is 11.6 Å². The lowest BCUT2D eigenvalue weighted by Gasteiger charge is -2.13. The van der Waals surface area contributed by atoms with Gasteiger partial charge in [-0.05, 0) is 49.4 Å². The Balaban J connectivity index is 1.97. The van der Waals surface area contributed by atoms with Crippen molar-refractivity contribution >= 4 is 46.6 Å². The quantitative estimate of drug-likeness (QED) is 0.786. The fourth-order valence-electron chi connectivity index (χ4n) is 1.89. The van der Waals surface area contributed by atoms with Gasteiger partial charge < -0.3 is 10.6 Å². The lowest BCUT2D eigenvalue weighted by molar-refractivity contribution is -0.115. The van der Waals surface area contributed by atoms with Crippen molar-refractivity contribution in [3.63, 3.8) is 0 Å². The number of anilines is 2. The number of amides is 2. The molecule has 0 bridgehead atoms. The van der Waals surface area contributed by atoms with Gasteiger partial charge >= 0.3 is 0 Å². The van der Waals surface area contributed by atoms with Crippen LogP contribution < -0.4 is 10.6 Å². The molecule has 2 aromatic carbocycles. The normalized spacial score (nSPS) is 11.6. The van der Waals surface area contributed by atoms with Gasteiger partial charge in [-0.25, -0.2) is 0 Å². The van der Waals surface area contributed by atoms with Crippen LogP contribution in [0.5, 0.6) is 0 Å². The molecular formula is C17H17ClN2O2S. The van der Waals surface area contributed by atoms with E-state index in [1.54, 1.807) is 36.4 Å². The van der Waals surface area contributed by atoms with Gasteiger partial charge in [-0.2, -0.15) is 0 Å². The van der Waals surface area contributed by atoms with Crippen LogP contribution in [0.2, 0.25) is 5.02 Å². The van der Waals surface area contributed by atoms with Gasteiger partial charge in [-0.1, -0.05) is 17.7 Å². The van der Waals surface area contributed by atoms with Crippen LogP contribution >= 0.6 is 23.4 Å². The highest BCUT2D eigenvalue weighted by Gasteiger charge is 2.14. The Labute approximate surface area is 144 Å². The Morgan fingerprint density at radius 2 is 1.65 bits per heavy atom. The summed E-state index contributed by atoms with van der Waals surface area (Å²) in [6.45, 7) is 3.28. The summed E-state index contributed by atoms with van der Waals surface area (Å²) in [7, 11) is 0. The molecule has 120 valence electrons. The molecule has 0 unspecified atom stereocenters. The topological polar surface area (TPSA) is 58.2 Å². The molecule has 0 saturated heterocycles. The van der Waals surface area contributed by atoms with Gasteiger partial charge in [0.25, 0.3) is 0 Å². The number of carbonyl (C=O) groups is 2. The lowest BCUT2D eigenvalue weighted by Crippen LogP contribution is -2.22. The molecule has 0 aliphatic rings. The third-order valence-corrected chi connectivity index (χ3v) is 4.31. The number of benzene rings is 2. The smallest absolute Gasteiger partial charge is 0.237 e. The maximum Gasteiger partial charge on any atom is 0.237 e. The van der Waals surface area contributed by atoms with Crippen molar-refractivity contribution < 1.29 is 9.59 Å². The van der Waals surface area contributed by atoms with Crippen LogP contribution in [-0.4, -0.2) is 17.1 Å². The van der Waals surface area contributed by atoms with Gasteiger partial charge in [-0.3, -0.25) is 9.59 Å². The van der Waals surface area contributed by atoms with E-state index in [0.29, 0.717) is 16.4 Å². The molecule has 23 heavy (non-hydrogen) atoms. The summed E-state index contributed by atoms with van der Waals surface area (Å²) in [4.78, 5) is 24.3. The van der Waals surface area contributed by atoms with E-state index < -0.39 is 0 Å². The molecule has 0 aliphatic heterocycles. The van der Waals surface area contributed by atoms with E-state index in [1.807, 2.05) is 19.1 Å². The number of thioether (sulfide) groups is 1. The van der Waals surface area contributed by atoms with Crippen LogP contribution in [0, 0.1) is 0 Å². The number of nitrogens with one attached hydrogen (secondary N) is 2. The third kappa shape index (κ3) is 5.62. The monoisotopic (exact) mass is 348 g/mol. The zero-order chi connectivity index (χ0) is 16.8. The summed E-state index contributed by atoms with van der Waals surface area (Å²) in [6.07, 6.45) is 0. The first kappa shape index (κ1) is 17.4. The van der Waals surface area contributed by atoms with Crippen molar-refractivity contribution in [3.05, 3.63) is 53.6 Å². The fraction of sp³-hybridized carbons (Fsp3) is 0.176. The summed E-state index contributed by atoms with van der Waals surface area (Å²) in [5.74, 6) is -0.259. The highest BCUT2D eigenvalue weighted by Crippen LogP contribution is 2.26. The van der Waals surface area contributed by atoms with Gasteiger partial charge in [0.15, 0.2) is 0 Å². The second kappa shape index (κ2) is 8.04. The third-order valence-electron chi connectivity index (χ3n) is 2.95. The summed E-state index contributed by atoms with van der Waals surface area (Å²) in [6, 6.07) is 14.4. The molecule has 2 aromatic rings. The van der Waals surface area contributed by atoms with Crippen LogP contribution in [0.1, 0.15) is 13.8 Å². The highest BCUT2D eigenvalue weighted by atomic mass is 35.5. The molecule has 1 atom stereocenters. The molecular weight excluding hydrogens is 332 g/mol. The number of rotatable bonds is 5. The second-order valence-electron chi connectivity index (χ2n) is 4.97. The van der Waals surface area contributed by atoms with E-state index >= 15 is 0 Å². The Morgan fingerprint density at radius 3 is 2.26 bits per heavy atom. The predicted molar refractivity (Wildman–Crippen MR) is 96.1 cm³/mol. The Morgan fingerprint density at radius 1 is 1.04 bits per heavy atom. The first-order chi connectivity index (χ1) is 10.9. The van der Waals surface area contributed by atoms with Crippen LogP contribution in [-0.2, 0) is 9.59 Å². The molecule has 0 fully saturated rings. The van der Waals surface area contributed by atoms with E-state index in [2.05, 4.69) is 10.6 Å². The molecule has 2 amide bonds. The second-order valence-corrected chi connectivity index (χ2v) is 6.82. The predicted octanol–water partition coefficient (Wildman–Crippen LogP) is 4.42. The summed E-state index contributed by atoms with van der Waals surface area (Å²) >= 11 is 7.30. The van der Waals surface area contributed by atoms with E-state index in [0.717, 1.165) is 4.90 Å². The van der Waals surface area contributed by atoms with E-state index in [-0.39, 0.29) is 17.1 Å². The average Bonchev–Trinajstić information content (AvgIpc) is 2.49. The Bertz CT molecular complexity index is 704. The molecule has 2 N–H and O–H groups in total. The van der Waals surface area contributed by atoms with E-state index in [1.165, 1.54) is 18.7 Å². The fourth-order valence-corrected chi connectivity index (χ4v) is 2.89. The van der Waals surface area contributed by atoms with Crippen LogP contribution in [0.4, 0.5) is 11.4 Å². The number of halogens is 1. The molecule has 4 nitrogen and oxygen atoms in total. The maximum absolute atomic E-state index is 12.3. The molecule has 0 aliphatic carbocycles. The maximum atomic E-state index is 12.3. The zero-order valence-corrected chi connectivity index (χ0v) is 14.4. The highest BCUT2D eigenvalue weighted by molar-refractivity contribution is 8.00. The van der Waals surface area contributed by atoms with Gasteiger partial charge in [0.2, 0.25) is 11.8 Å². The first-order valence-corrected chi connectivity index (χ1v) is 8.30. The van der Waals surface area contributed by atoms with Crippen molar-refractivity contribution in [2.24, 2.45) is 0 Å². The first-order valence-electron chi connectivity index (χ1n) is 7.05. The molecule has 0 heterocycles. The SMILES string of the molecule is CC(=O)Nc1cccc(NC(=O)[C@H](C)Sc2ccc(Cl)cc2)c1. The number of hydrogen-bond acceptors (Lipinski definition) is 3. The van der Waals surface area contributed by atoms with Gasteiger partial charge in [0.1, 0.15) is 0 Å². The van der Waals surface area contributed by atoms with Crippen LogP contribution in [0.15, 0.2) is 53.4 Å². The number of hydrogen-bond donors (Lipinski definition) is 2. The van der Waals surface area contributed by atoms with Gasteiger partial charge in [0, 0.05) is 28.2 Å². The minimum Gasteiger partial charge on any atom is -0.326 e. The van der Waals surface area contributed by atoms with Crippen molar-refractivity contribution in [2.45, 2.75) is 24.0 Å². The molecule has 2 rings (SSSR count). The van der Waals surface area contributed by atoms with Crippen molar-refractivity contribution in [1.29, 1.82) is 0 Å². The van der Waals surface area contributed by atoms with Crippen molar-refractivity contribution in [3.8, 4) is 0 Å². The summed E-state index contributed by atoms with van der Waals surface area (Å²) < 4.78 is 0. The van der Waals surface area contributed by atoms with E-state index in [9.17, 15) is 9.59 Å². The Hall–Kier alpha value is -1.98. The van der Waals surface area contributed by atoms with Crippen molar-refractivity contribution in [1.82, 2.24) is 0 Å². The molecule has 0 aromatic heterocycles. The molecule has 0 spiro atoms. The van der Waals surface area contributed by atoms with Crippen LogP contribution in [0.25, 0.3) is 0 Å². The number of carbonyl (C=O) groups excluding carboxylic acids is 2. The zero-order valence-electron chi connectivity index (χ0n) is 12.8. The van der Waals surface area contributed by atoms with Crippen LogP contribution in [0.3, 0.4) is 0 Å². The minimum absolute atomic E-state index is 0.107.